The fraction of sp³-hybridized carbons (Fsp3) is 0.800. The molecular formula is C5H10N2. The zero-order chi connectivity index (χ0) is 5.28. The number of hydrogen-bond donors (Lipinski definition) is 1. The Morgan fingerprint density at radius 1 is 2.00 bits per heavy atom. The monoisotopic (exact) mass is 98.1 g/mol. The Balaban J connectivity index is 2.35. The van der Waals surface area contributed by atoms with Gasteiger partial charge >= 0.3 is 0 Å². The highest BCUT2D eigenvalue weighted by atomic mass is 15.0. The number of aliphatic imine (C=N–C) groups is 1. The zero-order valence-electron chi connectivity index (χ0n) is 4.52. The van der Waals surface area contributed by atoms with Crippen LogP contribution in [-0.4, -0.2) is 11.9 Å². The van der Waals surface area contributed by atoms with E-state index in [1.54, 1.807) is 0 Å². The third kappa shape index (κ3) is 0.800. The standard InChI is InChI=1S/C5H10N2/c1-2-4-3-5(6)7-4/h5H,2-3,6H2,1H3. The Bertz CT molecular complexity index is 96.3. The van der Waals surface area contributed by atoms with Crippen molar-refractivity contribution in [2.24, 2.45) is 10.7 Å². The molecule has 0 amide bonds. The van der Waals surface area contributed by atoms with Gasteiger partial charge in [-0.3, -0.25) is 4.99 Å². The third-order valence-electron chi connectivity index (χ3n) is 1.20. The first-order valence-electron chi connectivity index (χ1n) is 2.64. The number of hydrogen-bond acceptors (Lipinski definition) is 2. The molecule has 1 heterocycles. The Kier molecular flexibility index (Phi) is 1.11. The van der Waals surface area contributed by atoms with E-state index in [1.807, 2.05) is 0 Å². The van der Waals surface area contributed by atoms with Crippen molar-refractivity contribution in [3.8, 4) is 0 Å². The van der Waals surface area contributed by atoms with E-state index in [1.165, 1.54) is 5.71 Å². The van der Waals surface area contributed by atoms with E-state index in [4.69, 9.17) is 5.73 Å². The van der Waals surface area contributed by atoms with Crippen LogP contribution in [0.3, 0.4) is 0 Å². The SMILES string of the molecule is CCC1=NC(N)C1. The normalized spacial score (nSPS) is 28.9. The van der Waals surface area contributed by atoms with Crippen molar-refractivity contribution in [1.29, 1.82) is 0 Å². The molecule has 0 saturated heterocycles. The first-order chi connectivity index (χ1) is 3.33. The highest BCUT2D eigenvalue weighted by Gasteiger charge is 2.13. The fourth-order valence-electron chi connectivity index (χ4n) is 0.697. The van der Waals surface area contributed by atoms with Crippen molar-refractivity contribution in [3.05, 3.63) is 0 Å². The maximum Gasteiger partial charge on any atom is 0.102 e. The van der Waals surface area contributed by atoms with Crippen LogP contribution >= 0.6 is 0 Å². The second-order valence-electron chi connectivity index (χ2n) is 1.82. The van der Waals surface area contributed by atoms with Gasteiger partial charge in [-0.15, -0.1) is 0 Å². The lowest BCUT2D eigenvalue weighted by molar-refractivity contribution is 0.667. The molecule has 0 bridgehead atoms. The summed E-state index contributed by atoms with van der Waals surface area (Å²) in [4.78, 5) is 4.03. The van der Waals surface area contributed by atoms with E-state index < -0.39 is 0 Å². The minimum absolute atomic E-state index is 0.134. The lowest BCUT2D eigenvalue weighted by atomic mass is 10.1. The summed E-state index contributed by atoms with van der Waals surface area (Å²) in [6.07, 6.45) is 2.24. The topological polar surface area (TPSA) is 38.4 Å². The van der Waals surface area contributed by atoms with Gasteiger partial charge in [0.05, 0.1) is 0 Å². The molecule has 7 heavy (non-hydrogen) atoms. The predicted octanol–water partition coefficient (Wildman–Crippen LogP) is 0.526. The molecule has 0 radical (unpaired) electrons. The Labute approximate surface area is 43.4 Å². The molecule has 40 valence electrons. The summed E-state index contributed by atoms with van der Waals surface area (Å²) in [5, 5.41) is 0. The summed E-state index contributed by atoms with van der Waals surface area (Å²) in [6, 6.07) is 0. The van der Waals surface area contributed by atoms with Gasteiger partial charge in [-0.1, -0.05) is 6.92 Å². The summed E-state index contributed by atoms with van der Waals surface area (Å²) in [7, 11) is 0. The first kappa shape index (κ1) is 4.78. The van der Waals surface area contributed by atoms with Gasteiger partial charge in [-0.05, 0) is 6.42 Å². The Morgan fingerprint density at radius 3 is 2.71 bits per heavy atom. The van der Waals surface area contributed by atoms with Crippen LogP contribution in [0.25, 0.3) is 0 Å². The minimum Gasteiger partial charge on any atom is -0.309 e. The highest BCUT2D eigenvalue weighted by Crippen LogP contribution is 2.08. The smallest absolute Gasteiger partial charge is 0.102 e. The number of nitrogens with zero attached hydrogens (tertiary/aromatic N) is 1. The van der Waals surface area contributed by atoms with Gasteiger partial charge in [0.15, 0.2) is 0 Å². The molecule has 0 fully saturated rings. The average molecular weight is 98.1 g/mol. The van der Waals surface area contributed by atoms with Crippen molar-refractivity contribution >= 4 is 5.71 Å². The van der Waals surface area contributed by atoms with Crippen molar-refractivity contribution < 1.29 is 0 Å². The van der Waals surface area contributed by atoms with Crippen LogP contribution in [0.1, 0.15) is 19.8 Å². The van der Waals surface area contributed by atoms with Gasteiger partial charge in [-0.2, -0.15) is 0 Å². The Morgan fingerprint density at radius 2 is 2.57 bits per heavy atom. The maximum absolute atomic E-state index is 5.36. The van der Waals surface area contributed by atoms with E-state index in [9.17, 15) is 0 Å². The van der Waals surface area contributed by atoms with Gasteiger partial charge in [-0.25, -0.2) is 0 Å². The predicted molar refractivity (Wildman–Crippen MR) is 30.3 cm³/mol. The van der Waals surface area contributed by atoms with Gasteiger partial charge in [0, 0.05) is 12.1 Å². The lowest BCUT2D eigenvalue weighted by Gasteiger charge is -2.18. The maximum atomic E-state index is 5.36. The van der Waals surface area contributed by atoms with Gasteiger partial charge < -0.3 is 5.73 Å². The molecule has 2 N–H and O–H groups in total. The molecule has 1 atom stereocenters. The van der Waals surface area contributed by atoms with Gasteiger partial charge in [0.25, 0.3) is 0 Å². The average Bonchev–Trinajstić information content (AvgIpc) is 1.58. The van der Waals surface area contributed by atoms with E-state index in [0.717, 1.165) is 12.8 Å². The molecule has 0 aromatic rings. The molecule has 0 saturated carbocycles. The molecule has 0 aromatic carbocycles. The van der Waals surface area contributed by atoms with E-state index in [-0.39, 0.29) is 6.17 Å². The molecule has 1 rings (SSSR count). The van der Waals surface area contributed by atoms with Crippen molar-refractivity contribution in [3.63, 3.8) is 0 Å². The third-order valence-corrected chi connectivity index (χ3v) is 1.20. The molecule has 0 spiro atoms. The second kappa shape index (κ2) is 1.62. The number of rotatable bonds is 1. The quantitative estimate of drug-likeness (QED) is 0.510. The van der Waals surface area contributed by atoms with Crippen molar-refractivity contribution in [1.82, 2.24) is 0 Å². The van der Waals surface area contributed by atoms with Crippen LogP contribution in [0, 0.1) is 0 Å². The first-order valence-corrected chi connectivity index (χ1v) is 2.64. The summed E-state index contributed by atoms with van der Waals surface area (Å²) in [6.45, 7) is 2.10. The molecule has 1 aliphatic heterocycles. The molecular weight excluding hydrogens is 88.1 g/mol. The van der Waals surface area contributed by atoms with Crippen LogP contribution in [0.2, 0.25) is 0 Å². The molecule has 0 aliphatic carbocycles. The largest absolute Gasteiger partial charge is 0.309 e. The molecule has 1 aliphatic rings. The van der Waals surface area contributed by atoms with Gasteiger partial charge in [0.2, 0.25) is 0 Å². The second-order valence-corrected chi connectivity index (χ2v) is 1.82. The van der Waals surface area contributed by atoms with Crippen molar-refractivity contribution in [2.75, 3.05) is 0 Å². The molecule has 2 nitrogen and oxygen atoms in total. The van der Waals surface area contributed by atoms with E-state index >= 15 is 0 Å². The summed E-state index contributed by atoms with van der Waals surface area (Å²) >= 11 is 0. The Hall–Kier alpha value is -0.370. The summed E-state index contributed by atoms with van der Waals surface area (Å²) in [5.74, 6) is 0. The van der Waals surface area contributed by atoms with Crippen LogP contribution in [-0.2, 0) is 0 Å². The van der Waals surface area contributed by atoms with Crippen LogP contribution < -0.4 is 5.73 Å². The van der Waals surface area contributed by atoms with Crippen LogP contribution in [0.4, 0.5) is 0 Å². The molecule has 0 aromatic heterocycles. The van der Waals surface area contributed by atoms with Gasteiger partial charge in [0.1, 0.15) is 6.17 Å². The van der Waals surface area contributed by atoms with Crippen LogP contribution in [0.15, 0.2) is 4.99 Å². The minimum atomic E-state index is 0.134. The number of nitrogens with two attached hydrogens (primary N) is 1. The summed E-state index contributed by atoms with van der Waals surface area (Å²) < 4.78 is 0. The summed E-state index contributed by atoms with van der Waals surface area (Å²) in [5.41, 5.74) is 6.63. The lowest BCUT2D eigenvalue weighted by Crippen LogP contribution is -2.31. The molecule has 2 heteroatoms. The van der Waals surface area contributed by atoms with E-state index in [0.29, 0.717) is 0 Å². The highest BCUT2D eigenvalue weighted by molar-refractivity contribution is 5.88. The molecule has 1 unspecified atom stereocenters. The zero-order valence-corrected chi connectivity index (χ0v) is 4.52. The van der Waals surface area contributed by atoms with Crippen molar-refractivity contribution in [2.45, 2.75) is 25.9 Å². The van der Waals surface area contributed by atoms with Crippen LogP contribution in [0.5, 0.6) is 0 Å². The van der Waals surface area contributed by atoms with E-state index in [2.05, 4.69) is 11.9 Å². The fourth-order valence-corrected chi connectivity index (χ4v) is 0.697.